The summed E-state index contributed by atoms with van der Waals surface area (Å²) in [6.45, 7) is 4.52. The van der Waals surface area contributed by atoms with Crippen LogP contribution in [0, 0.1) is 0 Å². The van der Waals surface area contributed by atoms with Crippen LogP contribution >= 0.6 is 0 Å². The van der Waals surface area contributed by atoms with E-state index in [4.69, 9.17) is 0 Å². The summed E-state index contributed by atoms with van der Waals surface area (Å²) in [5.74, 6) is 0.306. The first kappa shape index (κ1) is 6.68. The Morgan fingerprint density at radius 2 is 2.36 bits per heavy atom. The second-order valence-electron chi connectivity index (χ2n) is 3.09. The number of carbonyl (C=O) groups excluding carboxylic acids is 1. The summed E-state index contributed by atoms with van der Waals surface area (Å²) in [7, 11) is 0. The third kappa shape index (κ3) is 0.831. The van der Waals surface area contributed by atoms with Gasteiger partial charge in [0.15, 0.2) is 0 Å². The van der Waals surface area contributed by atoms with E-state index < -0.39 is 0 Å². The highest BCUT2D eigenvalue weighted by Crippen LogP contribution is 2.31. The first-order chi connectivity index (χ1) is 5.33. The van der Waals surface area contributed by atoms with Crippen molar-refractivity contribution in [1.82, 2.24) is 4.90 Å². The molecule has 1 amide bonds. The van der Waals surface area contributed by atoms with Gasteiger partial charge in [-0.2, -0.15) is 0 Å². The maximum absolute atomic E-state index is 11.2. The number of carbonyl (C=O) groups is 1. The van der Waals surface area contributed by atoms with Crippen LogP contribution in [0.4, 0.5) is 0 Å². The predicted octanol–water partition coefficient (Wildman–Crippen LogP) is 1.09. The van der Waals surface area contributed by atoms with Crippen molar-refractivity contribution >= 4 is 5.91 Å². The van der Waals surface area contributed by atoms with Gasteiger partial charge in [0.25, 0.3) is 0 Å². The summed E-state index contributed by atoms with van der Waals surface area (Å²) in [4.78, 5) is 13.1. The van der Waals surface area contributed by atoms with Gasteiger partial charge in [-0.1, -0.05) is 6.58 Å². The van der Waals surface area contributed by atoms with Crippen molar-refractivity contribution in [2.45, 2.75) is 25.3 Å². The van der Waals surface area contributed by atoms with Gasteiger partial charge >= 0.3 is 0 Å². The van der Waals surface area contributed by atoms with Gasteiger partial charge in [0.1, 0.15) is 0 Å². The van der Waals surface area contributed by atoms with E-state index >= 15 is 0 Å². The summed E-state index contributed by atoms with van der Waals surface area (Å²) in [6, 6.07) is 0.361. The predicted molar refractivity (Wildman–Crippen MR) is 42.0 cm³/mol. The second-order valence-corrected chi connectivity index (χ2v) is 3.09. The number of nitrogens with zero attached hydrogens (tertiary/aromatic N) is 1. The Labute approximate surface area is 66.2 Å². The van der Waals surface area contributed by atoms with Gasteiger partial charge in [-0.25, -0.2) is 0 Å². The van der Waals surface area contributed by atoms with Crippen LogP contribution < -0.4 is 0 Å². The fraction of sp³-hybridized carbons (Fsp3) is 0.556. The Kier molecular flexibility index (Phi) is 1.36. The Morgan fingerprint density at radius 3 is 3.09 bits per heavy atom. The second kappa shape index (κ2) is 2.24. The van der Waals surface area contributed by atoms with Crippen LogP contribution in [0.15, 0.2) is 17.9 Å². The molecular weight excluding hydrogens is 138 g/mol. The zero-order valence-corrected chi connectivity index (χ0v) is 6.47. The van der Waals surface area contributed by atoms with Crippen LogP contribution in [0.3, 0.4) is 0 Å². The first-order valence-corrected chi connectivity index (χ1v) is 4.01. The van der Waals surface area contributed by atoms with Gasteiger partial charge < -0.3 is 4.90 Å². The standard InChI is InChI=1S/C9H11NO/c1-2-7-5-6-10-8(7)3-4-9(10)11/h8H,1,3-6H2. The van der Waals surface area contributed by atoms with Crippen LogP contribution in [0.2, 0.25) is 0 Å². The van der Waals surface area contributed by atoms with Gasteiger partial charge in [-0.05, 0) is 18.4 Å². The third-order valence-electron chi connectivity index (χ3n) is 2.58. The van der Waals surface area contributed by atoms with Crippen LogP contribution in [0.1, 0.15) is 19.3 Å². The number of fused-ring (bicyclic) bond motifs is 1. The van der Waals surface area contributed by atoms with Crippen molar-refractivity contribution in [1.29, 1.82) is 0 Å². The van der Waals surface area contributed by atoms with E-state index in [1.54, 1.807) is 0 Å². The van der Waals surface area contributed by atoms with Crippen molar-refractivity contribution in [2.24, 2.45) is 0 Å². The lowest BCUT2D eigenvalue weighted by atomic mass is 10.1. The van der Waals surface area contributed by atoms with E-state index in [1.807, 2.05) is 4.90 Å². The summed E-state index contributed by atoms with van der Waals surface area (Å²) in [5, 5.41) is 0. The third-order valence-corrected chi connectivity index (χ3v) is 2.58. The lowest BCUT2D eigenvalue weighted by Crippen LogP contribution is -2.27. The Balaban J connectivity index is 2.29. The number of amides is 1. The monoisotopic (exact) mass is 149 g/mol. The van der Waals surface area contributed by atoms with E-state index in [0.717, 1.165) is 25.8 Å². The molecule has 0 aromatic rings. The van der Waals surface area contributed by atoms with Crippen LogP contribution in [-0.2, 0) is 4.79 Å². The molecule has 0 spiro atoms. The van der Waals surface area contributed by atoms with Gasteiger partial charge in [0.05, 0.1) is 6.04 Å². The van der Waals surface area contributed by atoms with E-state index in [0.29, 0.717) is 11.9 Å². The smallest absolute Gasteiger partial charge is 0.223 e. The van der Waals surface area contributed by atoms with Crippen molar-refractivity contribution in [3.8, 4) is 0 Å². The molecule has 2 heterocycles. The van der Waals surface area contributed by atoms with Gasteiger partial charge in [-0.15, -0.1) is 5.73 Å². The normalized spacial score (nSPS) is 29.1. The molecule has 2 heteroatoms. The molecule has 0 radical (unpaired) electrons. The molecule has 1 unspecified atom stereocenters. The van der Waals surface area contributed by atoms with E-state index in [2.05, 4.69) is 12.3 Å². The van der Waals surface area contributed by atoms with Crippen LogP contribution in [0.5, 0.6) is 0 Å². The molecule has 2 nitrogen and oxygen atoms in total. The number of hydrogen-bond donors (Lipinski definition) is 0. The zero-order valence-electron chi connectivity index (χ0n) is 6.47. The molecule has 2 saturated heterocycles. The topological polar surface area (TPSA) is 20.3 Å². The number of hydrogen-bond acceptors (Lipinski definition) is 1. The fourth-order valence-electron chi connectivity index (χ4n) is 1.99. The maximum Gasteiger partial charge on any atom is 0.223 e. The van der Waals surface area contributed by atoms with E-state index in [1.165, 1.54) is 5.57 Å². The van der Waals surface area contributed by atoms with Gasteiger partial charge in [0, 0.05) is 13.0 Å². The molecule has 0 aromatic heterocycles. The molecule has 2 aliphatic heterocycles. The van der Waals surface area contributed by atoms with Crippen molar-refractivity contribution in [3.05, 3.63) is 17.9 Å². The van der Waals surface area contributed by atoms with E-state index in [9.17, 15) is 4.79 Å². The minimum absolute atomic E-state index is 0.306. The highest BCUT2D eigenvalue weighted by atomic mass is 16.2. The molecule has 11 heavy (non-hydrogen) atoms. The molecule has 0 bridgehead atoms. The largest absolute Gasteiger partial charge is 0.335 e. The Hall–Kier alpha value is -1.01. The van der Waals surface area contributed by atoms with Crippen molar-refractivity contribution in [2.75, 3.05) is 6.54 Å². The molecule has 2 rings (SSSR count). The molecule has 58 valence electrons. The molecule has 0 saturated carbocycles. The highest BCUT2D eigenvalue weighted by molar-refractivity contribution is 5.80. The average Bonchev–Trinajstić information content (AvgIpc) is 2.53. The minimum atomic E-state index is 0.306. The molecule has 2 fully saturated rings. The van der Waals surface area contributed by atoms with E-state index in [-0.39, 0.29) is 0 Å². The summed E-state index contributed by atoms with van der Waals surface area (Å²) < 4.78 is 0. The van der Waals surface area contributed by atoms with Crippen LogP contribution in [-0.4, -0.2) is 23.4 Å². The minimum Gasteiger partial charge on any atom is -0.335 e. The summed E-state index contributed by atoms with van der Waals surface area (Å²) in [6.07, 6.45) is 2.69. The molecule has 0 aromatic carbocycles. The molecular formula is C9H11NO. The van der Waals surface area contributed by atoms with Gasteiger partial charge in [0.2, 0.25) is 5.91 Å². The lowest BCUT2D eigenvalue weighted by molar-refractivity contribution is -0.127. The van der Waals surface area contributed by atoms with Gasteiger partial charge in [-0.3, -0.25) is 4.79 Å². The molecule has 0 N–H and O–H groups in total. The fourth-order valence-corrected chi connectivity index (χ4v) is 1.99. The number of rotatable bonds is 0. The summed E-state index contributed by atoms with van der Waals surface area (Å²) >= 11 is 0. The zero-order chi connectivity index (χ0) is 7.84. The molecule has 1 atom stereocenters. The molecule has 2 aliphatic rings. The maximum atomic E-state index is 11.2. The highest BCUT2D eigenvalue weighted by Gasteiger charge is 2.37. The average molecular weight is 149 g/mol. The van der Waals surface area contributed by atoms with Crippen LogP contribution in [0.25, 0.3) is 0 Å². The molecule has 0 aliphatic carbocycles. The first-order valence-electron chi connectivity index (χ1n) is 4.01. The Bertz CT molecular complexity index is 250. The van der Waals surface area contributed by atoms with Crippen molar-refractivity contribution < 1.29 is 4.79 Å². The van der Waals surface area contributed by atoms with Crippen molar-refractivity contribution in [3.63, 3.8) is 0 Å². The Morgan fingerprint density at radius 1 is 1.55 bits per heavy atom. The quantitative estimate of drug-likeness (QED) is 0.472. The lowest BCUT2D eigenvalue weighted by Gasteiger charge is -2.13. The SMILES string of the molecule is C=C=C1CCN2C(=O)CCC12. The summed E-state index contributed by atoms with van der Waals surface area (Å²) in [5.41, 5.74) is 4.16.